The van der Waals surface area contributed by atoms with Crippen LogP contribution >= 0.6 is 0 Å². The Balaban J connectivity index is 1.30. The Morgan fingerprint density at radius 3 is 2.40 bits per heavy atom. The van der Waals surface area contributed by atoms with Crippen LogP contribution in [0.3, 0.4) is 0 Å². The molecule has 6 atom stereocenters. The zero-order valence-corrected chi connectivity index (χ0v) is 29.5. The highest BCUT2D eigenvalue weighted by molar-refractivity contribution is 7.91. The molecule has 1 aromatic carbocycles. The predicted molar refractivity (Wildman–Crippen MR) is 179 cm³/mol. The second-order valence-electron chi connectivity index (χ2n) is 15.3. The Morgan fingerprint density at radius 1 is 1.00 bits per heavy atom. The Hall–Kier alpha value is -4.01. The number of rotatable bonds is 5. The smallest absolute Gasteiger partial charge is 0.408 e. The zero-order valence-electron chi connectivity index (χ0n) is 28.7. The molecule has 3 N–H and O–H groups in total. The highest BCUT2D eigenvalue weighted by Gasteiger charge is 2.63. The van der Waals surface area contributed by atoms with E-state index in [1.54, 1.807) is 25.7 Å². The molecular formula is C35H46FN5O8S. The minimum Gasteiger partial charge on any atom is -0.444 e. The fourth-order valence-electron chi connectivity index (χ4n) is 7.46. The molecule has 5 aliphatic rings. The number of sulfonamides is 1. The minimum absolute atomic E-state index is 0.111. The lowest BCUT2D eigenvalue weighted by Crippen LogP contribution is -2.60. The van der Waals surface area contributed by atoms with E-state index in [1.165, 1.54) is 29.2 Å². The van der Waals surface area contributed by atoms with Crippen LogP contribution in [-0.2, 0) is 29.1 Å². The second kappa shape index (κ2) is 13.6. The van der Waals surface area contributed by atoms with E-state index < -0.39 is 80.0 Å². The van der Waals surface area contributed by atoms with Crippen LogP contribution in [0.5, 0.6) is 0 Å². The lowest BCUT2D eigenvalue weighted by Gasteiger charge is -2.33. The van der Waals surface area contributed by atoms with E-state index >= 15 is 0 Å². The highest BCUT2D eigenvalue weighted by atomic mass is 32.2. The zero-order chi connectivity index (χ0) is 36.0. The average Bonchev–Trinajstić information content (AvgIpc) is 3.93. The van der Waals surface area contributed by atoms with Crippen molar-refractivity contribution in [3.63, 3.8) is 0 Å². The molecule has 0 unspecified atom stereocenters. The van der Waals surface area contributed by atoms with Crippen molar-refractivity contribution in [3.8, 4) is 0 Å². The molecule has 1 aromatic rings. The van der Waals surface area contributed by atoms with Crippen molar-refractivity contribution < 1.29 is 41.5 Å². The van der Waals surface area contributed by atoms with E-state index in [2.05, 4.69) is 15.4 Å². The summed E-state index contributed by atoms with van der Waals surface area (Å²) in [5.74, 6) is -4.03. The van der Waals surface area contributed by atoms with Gasteiger partial charge in [0.25, 0.3) is 11.8 Å². The lowest BCUT2D eigenvalue weighted by atomic mass is 9.93. The summed E-state index contributed by atoms with van der Waals surface area (Å²) in [4.78, 5) is 71.9. The average molecular weight is 716 g/mol. The quantitative estimate of drug-likeness (QED) is 0.391. The van der Waals surface area contributed by atoms with Crippen LogP contribution in [0.1, 0.15) is 82.5 Å². The standard InChI is InChI=1S/C35H46FN5O8S/c1-34(2,3)49-33(46)37-27-10-8-6-4-5-7-9-23-17-35(23,32(45)39-50(47,48)25-15-16-25)38-29(42)28-26-20-40(18-22(26)19-41(28)31(27)44)30(43)21-11-13-24(36)14-12-21/h7,9,11-14,22-23,25-28H,4-6,8,10,15-20H2,1-3H3,(H,37,46)(H,38,42)(H,39,45)/b9-7-/t22-,23-,26-,27+,28-,35+/m0/s1. The molecule has 272 valence electrons. The molecule has 5 amide bonds. The molecule has 4 fully saturated rings. The van der Waals surface area contributed by atoms with Crippen LogP contribution < -0.4 is 15.4 Å². The van der Waals surface area contributed by atoms with Gasteiger partial charge in [-0.25, -0.2) is 17.6 Å². The Kier molecular flexibility index (Phi) is 9.74. The number of nitrogens with zero attached hydrogens (tertiary/aromatic N) is 2. The van der Waals surface area contributed by atoms with Crippen molar-refractivity contribution in [2.75, 3.05) is 19.6 Å². The molecule has 2 aliphatic carbocycles. The molecule has 6 rings (SSSR count). The van der Waals surface area contributed by atoms with E-state index in [0.717, 1.165) is 12.8 Å². The number of carbonyl (C=O) groups is 5. The Morgan fingerprint density at radius 2 is 1.72 bits per heavy atom. The van der Waals surface area contributed by atoms with Crippen molar-refractivity contribution in [2.45, 2.75) is 101 Å². The maximum absolute atomic E-state index is 14.5. The van der Waals surface area contributed by atoms with Gasteiger partial charge < -0.3 is 25.2 Å². The lowest BCUT2D eigenvalue weighted by molar-refractivity contribution is -0.142. The predicted octanol–water partition coefficient (Wildman–Crippen LogP) is 2.62. The van der Waals surface area contributed by atoms with Gasteiger partial charge in [-0.1, -0.05) is 25.0 Å². The fourth-order valence-corrected chi connectivity index (χ4v) is 8.83. The van der Waals surface area contributed by atoms with Gasteiger partial charge in [-0.15, -0.1) is 0 Å². The van der Waals surface area contributed by atoms with Gasteiger partial charge in [0.05, 0.1) is 5.25 Å². The van der Waals surface area contributed by atoms with Gasteiger partial charge in [-0.2, -0.15) is 0 Å². The number of likely N-dealkylation sites (tertiary alicyclic amines) is 1. The second-order valence-corrected chi connectivity index (χ2v) is 17.2. The molecule has 0 spiro atoms. The van der Waals surface area contributed by atoms with Crippen LogP contribution in [0.2, 0.25) is 0 Å². The molecule has 2 saturated carbocycles. The van der Waals surface area contributed by atoms with Crippen molar-refractivity contribution in [1.82, 2.24) is 25.2 Å². The van der Waals surface area contributed by atoms with Gasteiger partial charge in [0.15, 0.2) is 0 Å². The maximum atomic E-state index is 14.5. The van der Waals surface area contributed by atoms with Crippen molar-refractivity contribution in [3.05, 3.63) is 47.8 Å². The number of hydrogen-bond acceptors (Lipinski definition) is 8. The molecule has 0 aromatic heterocycles. The summed E-state index contributed by atoms with van der Waals surface area (Å²) in [7, 11) is -3.91. The molecule has 15 heteroatoms. The number of halogens is 1. The van der Waals surface area contributed by atoms with Crippen molar-refractivity contribution in [1.29, 1.82) is 0 Å². The largest absolute Gasteiger partial charge is 0.444 e. The Labute approximate surface area is 291 Å². The van der Waals surface area contributed by atoms with Crippen LogP contribution in [0.25, 0.3) is 0 Å². The van der Waals surface area contributed by atoms with Gasteiger partial charge in [-0.3, -0.25) is 23.9 Å². The molecule has 3 aliphatic heterocycles. The van der Waals surface area contributed by atoms with E-state index in [0.29, 0.717) is 32.1 Å². The molecule has 50 heavy (non-hydrogen) atoms. The summed E-state index contributed by atoms with van der Waals surface area (Å²) in [6.45, 7) is 5.60. The fraction of sp³-hybridized carbons (Fsp3) is 0.629. The number of fused-ring (bicyclic) bond motifs is 4. The molecular weight excluding hydrogens is 669 g/mol. The van der Waals surface area contributed by atoms with Crippen LogP contribution in [0, 0.1) is 23.6 Å². The van der Waals surface area contributed by atoms with Gasteiger partial charge in [0.1, 0.15) is 29.0 Å². The van der Waals surface area contributed by atoms with E-state index in [1.807, 2.05) is 12.2 Å². The van der Waals surface area contributed by atoms with Gasteiger partial charge in [0.2, 0.25) is 21.8 Å². The summed E-state index contributed by atoms with van der Waals surface area (Å²) in [6.07, 6.45) is 7.26. The minimum atomic E-state index is -3.91. The van der Waals surface area contributed by atoms with Crippen LogP contribution in [0.15, 0.2) is 36.4 Å². The molecule has 2 saturated heterocycles. The van der Waals surface area contributed by atoms with Crippen LogP contribution in [0.4, 0.5) is 9.18 Å². The van der Waals surface area contributed by atoms with Gasteiger partial charge in [0, 0.05) is 43.0 Å². The monoisotopic (exact) mass is 715 g/mol. The number of allylic oxidation sites excluding steroid dienone is 1. The molecule has 0 radical (unpaired) electrons. The van der Waals surface area contributed by atoms with Gasteiger partial charge in [-0.05, 0) is 83.6 Å². The van der Waals surface area contributed by atoms with E-state index in [-0.39, 0.29) is 43.4 Å². The first-order chi connectivity index (χ1) is 23.6. The number of alkyl carbamates (subject to hydrolysis) is 1. The summed E-state index contributed by atoms with van der Waals surface area (Å²) >= 11 is 0. The molecule has 0 bridgehead atoms. The van der Waals surface area contributed by atoms with Crippen LogP contribution in [-0.4, -0.2) is 96.0 Å². The maximum Gasteiger partial charge on any atom is 0.408 e. The van der Waals surface area contributed by atoms with E-state index in [9.17, 15) is 36.8 Å². The summed E-state index contributed by atoms with van der Waals surface area (Å²) < 4.78 is 46.8. The summed E-state index contributed by atoms with van der Waals surface area (Å²) in [5, 5.41) is 4.96. The Bertz CT molecular complexity index is 1670. The third kappa shape index (κ3) is 7.66. The van der Waals surface area contributed by atoms with Crippen molar-refractivity contribution >= 4 is 39.7 Å². The van der Waals surface area contributed by atoms with Crippen molar-refractivity contribution in [2.24, 2.45) is 17.8 Å². The molecule has 13 nitrogen and oxygen atoms in total. The molecule has 3 heterocycles. The number of carbonyl (C=O) groups excluding carboxylic acids is 5. The third-order valence-corrected chi connectivity index (χ3v) is 12.1. The summed E-state index contributed by atoms with van der Waals surface area (Å²) in [5.41, 5.74) is -2.05. The number of hydrogen-bond donors (Lipinski definition) is 3. The van der Waals surface area contributed by atoms with Gasteiger partial charge >= 0.3 is 6.09 Å². The topological polar surface area (TPSA) is 171 Å². The number of ether oxygens (including phenoxy) is 1. The number of amides is 5. The first-order valence-electron chi connectivity index (χ1n) is 17.5. The first kappa shape index (κ1) is 35.8. The SMILES string of the molecule is CC(C)(C)OC(=O)N[C@@H]1CCCCC/C=C\[C@H]2C[C@@]2(C(=O)NS(=O)(=O)C2CC2)NC(=O)[C@@H]2[C@H]3CN(C(=O)c4ccc(F)cc4)C[C@H]3CN2C1=O. The summed E-state index contributed by atoms with van der Waals surface area (Å²) in [6, 6.07) is 3.07. The third-order valence-electron chi connectivity index (χ3n) is 10.3. The first-order valence-corrected chi connectivity index (χ1v) is 19.0. The van der Waals surface area contributed by atoms with E-state index in [4.69, 9.17) is 4.74 Å². The number of benzene rings is 1. The number of nitrogens with one attached hydrogen (secondary N) is 3. The highest BCUT2D eigenvalue weighted by Crippen LogP contribution is 2.47. The normalized spacial score (nSPS) is 30.8.